The molecule has 0 aromatic heterocycles. The summed E-state index contributed by atoms with van der Waals surface area (Å²) in [6.45, 7) is 4.62. The van der Waals surface area contributed by atoms with Gasteiger partial charge < -0.3 is 5.73 Å². The van der Waals surface area contributed by atoms with Gasteiger partial charge in [-0.2, -0.15) is 0 Å². The van der Waals surface area contributed by atoms with E-state index in [-0.39, 0.29) is 0 Å². The van der Waals surface area contributed by atoms with Crippen LogP contribution in [0.5, 0.6) is 0 Å². The number of nitrogens with two attached hydrogens (primary N) is 1. The van der Waals surface area contributed by atoms with Crippen LogP contribution in [0.25, 0.3) is 0 Å². The van der Waals surface area contributed by atoms with Gasteiger partial charge in [-0.15, -0.1) is 0 Å². The average molecular weight is 266 g/mol. The molecular formula is C18H22N2. The molecule has 20 heavy (non-hydrogen) atoms. The molecule has 1 saturated heterocycles. The number of nitrogen functional groups attached to an aromatic ring is 1. The first-order chi connectivity index (χ1) is 9.74. The maximum absolute atomic E-state index is 5.77. The summed E-state index contributed by atoms with van der Waals surface area (Å²) in [5, 5.41) is 0. The van der Waals surface area contributed by atoms with Crippen molar-refractivity contribution in [2.75, 3.05) is 18.8 Å². The summed E-state index contributed by atoms with van der Waals surface area (Å²) >= 11 is 0. The van der Waals surface area contributed by atoms with Crippen molar-refractivity contribution in [1.29, 1.82) is 0 Å². The molecule has 0 amide bonds. The Kier molecular flexibility index (Phi) is 3.75. The molecule has 3 rings (SSSR count). The molecule has 2 unspecified atom stereocenters. The number of anilines is 1. The van der Waals surface area contributed by atoms with Crippen LogP contribution in [-0.2, 0) is 0 Å². The Morgan fingerprint density at radius 3 is 2.45 bits per heavy atom. The molecule has 2 atom stereocenters. The molecule has 1 fully saturated rings. The second-order valence-corrected chi connectivity index (χ2v) is 5.73. The molecule has 0 spiro atoms. The number of rotatable bonds is 3. The Hall–Kier alpha value is -1.80. The SMILES string of the molecule is CC(c1ccccc1)N1CCC(c2ccc(N)cc2)C1. The first-order valence-corrected chi connectivity index (χ1v) is 7.38. The van der Waals surface area contributed by atoms with E-state index >= 15 is 0 Å². The number of hydrogen-bond acceptors (Lipinski definition) is 2. The van der Waals surface area contributed by atoms with Crippen LogP contribution in [0.2, 0.25) is 0 Å². The van der Waals surface area contributed by atoms with Gasteiger partial charge in [0.25, 0.3) is 0 Å². The highest BCUT2D eigenvalue weighted by Gasteiger charge is 2.27. The van der Waals surface area contributed by atoms with Crippen molar-refractivity contribution in [2.24, 2.45) is 0 Å². The van der Waals surface area contributed by atoms with Crippen LogP contribution in [0.15, 0.2) is 54.6 Å². The van der Waals surface area contributed by atoms with Gasteiger partial charge in [-0.3, -0.25) is 4.90 Å². The van der Waals surface area contributed by atoms with Crippen LogP contribution in [0, 0.1) is 0 Å². The molecule has 0 saturated carbocycles. The lowest BCUT2D eigenvalue weighted by molar-refractivity contribution is 0.260. The lowest BCUT2D eigenvalue weighted by Crippen LogP contribution is -2.24. The largest absolute Gasteiger partial charge is 0.399 e. The van der Waals surface area contributed by atoms with Crippen molar-refractivity contribution in [1.82, 2.24) is 4.90 Å². The monoisotopic (exact) mass is 266 g/mol. The quantitative estimate of drug-likeness (QED) is 0.856. The molecule has 2 heteroatoms. The van der Waals surface area contributed by atoms with Gasteiger partial charge in [-0.05, 0) is 49.1 Å². The minimum absolute atomic E-state index is 0.495. The Morgan fingerprint density at radius 1 is 1.05 bits per heavy atom. The van der Waals surface area contributed by atoms with E-state index in [0.29, 0.717) is 12.0 Å². The molecule has 0 bridgehead atoms. The minimum atomic E-state index is 0.495. The summed E-state index contributed by atoms with van der Waals surface area (Å²) in [5.74, 6) is 0.641. The minimum Gasteiger partial charge on any atom is -0.399 e. The summed E-state index contributed by atoms with van der Waals surface area (Å²) in [7, 11) is 0. The van der Waals surface area contributed by atoms with Crippen LogP contribution in [0.1, 0.15) is 36.4 Å². The highest BCUT2D eigenvalue weighted by molar-refractivity contribution is 5.40. The van der Waals surface area contributed by atoms with Gasteiger partial charge in [-0.1, -0.05) is 42.5 Å². The van der Waals surface area contributed by atoms with Crippen molar-refractivity contribution < 1.29 is 0 Å². The van der Waals surface area contributed by atoms with Gasteiger partial charge in [0, 0.05) is 18.3 Å². The van der Waals surface area contributed by atoms with Crippen molar-refractivity contribution in [3.05, 3.63) is 65.7 Å². The van der Waals surface area contributed by atoms with Gasteiger partial charge in [0.1, 0.15) is 0 Å². The van der Waals surface area contributed by atoms with Gasteiger partial charge in [0.15, 0.2) is 0 Å². The maximum atomic E-state index is 5.77. The fraction of sp³-hybridized carbons (Fsp3) is 0.333. The molecule has 0 radical (unpaired) electrons. The van der Waals surface area contributed by atoms with Crippen molar-refractivity contribution in [3.8, 4) is 0 Å². The number of benzene rings is 2. The van der Waals surface area contributed by atoms with Crippen molar-refractivity contribution in [2.45, 2.75) is 25.3 Å². The van der Waals surface area contributed by atoms with E-state index in [1.54, 1.807) is 0 Å². The van der Waals surface area contributed by atoms with Crippen LogP contribution in [0.4, 0.5) is 5.69 Å². The van der Waals surface area contributed by atoms with Crippen molar-refractivity contribution >= 4 is 5.69 Å². The molecule has 2 N–H and O–H groups in total. The summed E-state index contributed by atoms with van der Waals surface area (Å²) < 4.78 is 0. The van der Waals surface area contributed by atoms with E-state index in [1.807, 2.05) is 12.1 Å². The third-order valence-electron chi connectivity index (χ3n) is 4.46. The van der Waals surface area contributed by atoms with E-state index in [9.17, 15) is 0 Å². The predicted octanol–water partition coefficient (Wildman–Crippen LogP) is 3.82. The molecule has 2 nitrogen and oxygen atoms in total. The molecule has 1 aliphatic rings. The van der Waals surface area contributed by atoms with Crippen LogP contribution in [-0.4, -0.2) is 18.0 Å². The van der Waals surface area contributed by atoms with E-state index in [2.05, 4.69) is 54.3 Å². The molecule has 1 heterocycles. The van der Waals surface area contributed by atoms with E-state index < -0.39 is 0 Å². The fourth-order valence-electron chi connectivity index (χ4n) is 3.12. The number of nitrogens with zero attached hydrogens (tertiary/aromatic N) is 1. The molecule has 0 aliphatic carbocycles. The second kappa shape index (κ2) is 5.68. The zero-order valence-corrected chi connectivity index (χ0v) is 12.0. The lowest BCUT2D eigenvalue weighted by Gasteiger charge is -2.24. The first-order valence-electron chi connectivity index (χ1n) is 7.38. The summed E-state index contributed by atoms with van der Waals surface area (Å²) in [4.78, 5) is 2.58. The van der Waals surface area contributed by atoms with Crippen LogP contribution in [0.3, 0.4) is 0 Å². The highest BCUT2D eigenvalue weighted by Crippen LogP contribution is 2.33. The van der Waals surface area contributed by atoms with Crippen LogP contribution < -0.4 is 5.73 Å². The highest BCUT2D eigenvalue weighted by atomic mass is 15.2. The second-order valence-electron chi connectivity index (χ2n) is 5.73. The Bertz CT molecular complexity index is 547. The van der Waals surface area contributed by atoms with Gasteiger partial charge in [0.05, 0.1) is 0 Å². The standard InChI is InChI=1S/C18H22N2/c1-14(15-5-3-2-4-6-15)20-12-11-17(13-20)16-7-9-18(19)10-8-16/h2-10,14,17H,11-13,19H2,1H3. The van der Waals surface area contributed by atoms with Crippen molar-refractivity contribution in [3.63, 3.8) is 0 Å². The van der Waals surface area contributed by atoms with E-state index in [0.717, 1.165) is 12.2 Å². The average Bonchev–Trinajstić information content (AvgIpc) is 2.98. The normalized spacial score (nSPS) is 20.9. The van der Waals surface area contributed by atoms with Gasteiger partial charge in [0.2, 0.25) is 0 Å². The lowest BCUT2D eigenvalue weighted by atomic mass is 9.98. The summed E-state index contributed by atoms with van der Waals surface area (Å²) in [6, 6.07) is 19.7. The van der Waals surface area contributed by atoms with E-state index in [1.165, 1.54) is 24.1 Å². The van der Waals surface area contributed by atoms with Gasteiger partial charge >= 0.3 is 0 Å². The summed E-state index contributed by atoms with van der Waals surface area (Å²) in [6.07, 6.45) is 1.24. The predicted molar refractivity (Wildman–Crippen MR) is 84.6 cm³/mol. The Balaban J connectivity index is 1.69. The van der Waals surface area contributed by atoms with Crippen LogP contribution >= 0.6 is 0 Å². The molecule has 2 aromatic carbocycles. The number of likely N-dealkylation sites (tertiary alicyclic amines) is 1. The topological polar surface area (TPSA) is 29.3 Å². The first kappa shape index (κ1) is 13.2. The molecular weight excluding hydrogens is 244 g/mol. The number of hydrogen-bond donors (Lipinski definition) is 1. The third kappa shape index (κ3) is 2.70. The zero-order chi connectivity index (χ0) is 13.9. The molecule has 104 valence electrons. The fourth-order valence-corrected chi connectivity index (χ4v) is 3.12. The van der Waals surface area contributed by atoms with Gasteiger partial charge in [-0.25, -0.2) is 0 Å². The summed E-state index contributed by atoms with van der Waals surface area (Å²) in [5.41, 5.74) is 9.44. The zero-order valence-electron chi connectivity index (χ0n) is 12.0. The van der Waals surface area contributed by atoms with E-state index in [4.69, 9.17) is 5.73 Å². The molecule has 2 aromatic rings. The Labute approximate surface area is 121 Å². The smallest absolute Gasteiger partial charge is 0.0320 e. The maximum Gasteiger partial charge on any atom is 0.0320 e. The Morgan fingerprint density at radius 2 is 1.75 bits per heavy atom. The third-order valence-corrected chi connectivity index (χ3v) is 4.46. The molecule has 1 aliphatic heterocycles.